The molecule has 2 aromatic carbocycles. The van der Waals surface area contributed by atoms with E-state index in [1.54, 1.807) is 14.2 Å². The van der Waals surface area contributed by atoms with Crippen LogP contribution in [0.3, 0.4) is 0 Å². The Balaban J connectivity index is 1.69. The molecule has 0 radical (unpaired) electrons. The Bertz CT molecular complexity index is 987. The summed E-state index contributed by atoms with van der Waals surface area (Å²) in [5.74, 6) is 3.59. The van der Waals surface area contributed by atoms with Crippen molar-refractivity contribution in [2.75, 3.05) is 27.4 Å². The van der Waals surface area contributed by atoms with E-state index in [-0.39, 0.29) is 12.5 Å². The van der Waals surface area contributed by atoms with Crippen LogP contribution in [-0.2, 0) is 28.8 Å². The van der Waals surface area contributed by atoms with Gasteiger partial charge in [-0.25, -0.2) is 0 Å². The number of rotatable bonds is 9. The van der Waals surface area contributed by atoms with Crippen LogP contribution in [-0.4, -0.2) is 33.3 Å². The third-order valence-electron chi connectivity index (χ3n) is 5.42. The maximum absolute atomic E-state index is 13.0. The van der Waals surface area contributed by atoms with Crippen LogP contribution in [0, 0.1) is 12.3 Å². The van der Waals surface area contributed by atoms with Gasteiger partial charge in [-0.1, -0.05) is 30.2 Å². The molecule has 3 rings (SSSR count). The average Bonchev–Trinajstić information content (AvgIpc) is 2.81. The lowest BCUT2D eigenvalue weighted by atomic mass is 9.89. The van der Waals surface area contributed by atoms with Crippen LogP contribution in [0.15, 0.2) is 42.7 Å². The Morgan fingerprint density at radius 1 is 1.06 bits per heavy atom. The van der Waals surface area contributed by atoms with Gasteiger partial charge in [0.1, 0.15) is 6.61 Å². The van der Waals surface area contributed by atoms with E-state index in [9.17, 15) is 4.79 Å². The van der Waals surface area contributed by atoms with Crippen LogP contribution in [0.1, 0.15) is 35.1 Å². The molecule has 0 atom stereocenters. The van der Waals surface area contributed by atoms with Gasteiger partial charge < -0.3 is 19.5 Å². The highest BCUT2D eigenvalue weighted by Gasteiger charge is 2.16. The summed E-state index contributed by atoms with van der Waals surface area (Å²) in [6.07, 6.45) is 12.0. The number of terminal acetylenes is 1. The zero-order chi connectivity index (χ0) is 22.1. The first-order chi connectivity index (χ1) is 15.2. The van der Waals surface area contributed by atoms with Gasteiger partial charge in [-0.3, -0.25) is 4.79 Å². The summed E-state index contributed by atoms with van der Waals surface area (Å²) in [4.78, 5) is 13.0. The molecule has 1 aliphatic rings. The van der Waals surface area contributed by atoms with Gasteiger partial charge in [0.25, 0.3) is 5.91 Å². The van der Waals surface area contributed by atoms with E-state index in [1.165, 1.54) is 30.2 Å². The second-order valence-electron chi connectivity index (χ2n) is 7.43. The molecule has 0 bridgehead atoms. The number of benzene rings is 2. The number of amides is 1. The van der Waals surface area contributed by atoms with Crippen LogP contribution < -0.4 is 14.8 Å². The zero-order valence-corrected chi connectivity index (χ0v) is 18.2. The van der Waals surface area contributed by atoms with Crippen molar-refractivity contribution < 1.29 is 19.0 Å². The summed E-state index contributed by atoms with van der Waals surface area (Å²) in [5, 5.41) is 2.99. The largest absolute Gasteiger partial charge is 0.493 e. The van der Waals surface area contributed by atoms with E-state index in [1.807, 2.05) is 24.3 Å². The minimum absolute atomic E-state index is 0.118. The molecule has 1 N–H and O–H groups in total. The number of ether oxygens (including phenoxy) is 3. The van der Waals surface area contributed by atoms with Gasteiger partial charge in [-0.05, 0) is 66.5 Å². The Hall–Kier alpha value is -3.39. The molecule has 1 aliphatic carbocycles. The molecule has 0 aromatic heterocycles. The van der Waals surface area contributed by atoms with Gasteiger partial charge in [-0.15, -0.1) is 6.42 Å². The lowest BCUT2D eigenvalue weighted by molar-refractivity contribution is -0.115. The third-order valence-corrected chi connectivity index (χ3v) is 5.42. The van der Waals surface area contributed by atoms with Gasteiger partial charge in [0.05, 0.1) is 26.1 Å². The van der Waals surface area contributed by atoms with Crippen LogP contribution in [0.5, 0.6) is 11.5 Å². The van der Waals surface area contributed by atoms with Crippen LogP contribution >= 0.6 is 0 Å². The van der Waals surface area contributed by atoms with Crippen molar-refractivity contribution in [3.05, 3.63) is 64.9 Å². The minimum Gasteiger partial charge on any atom is -0.493 e. The second-order valence-corrected chi connectivity index (χ2v) is 7.43. The lowest BCUT2D eigenvalue weighted by Gasteiger charge is -2.17. The normalized spacial score (nSPS) is 13.0. The predicted octanol–water partition coefficient (Wildman–Crippen LogP) is 3.93. The quantitative estimate of drug-likeness (QED) is 0.290. The van der Waals surface area contributed by atoms with E-state index in [0.29, 0.717) is 30.0 Å². The van der Waals surface area contributed by atoms with Gasteiger partial charge in [0.2, 0.25) is 0 Å². The maximum Gasteiger partial charge on any atom is 0.255 e. The van der Waals surface area contributed by atoms with Crippen LogP contribution in [0.2, 0.25) is 0 Å². The Morgan fingerprint density at radius 3 is 2.58 bits per heavy atom. The number of aryl methyl sites for hydroxylation is 2. The zero-order valence-electron chi connectivity index (χ0n) is 18.2. The summed E-state index contributed by atoms with van der Waals surface area (Å²) in [6, 6.07) is 12.0. The number of fused-ring (bicyclic) bond motifs is 1. The molecular formula is C26H29NO4. The molecule has 162 valence electrons. The minimum atomic E-state index is -0.187. The highest BCUT2D eigenvalue weighted by molar-refractivity contribution is 6.19. The SMILES string of the molecule is C#CCOC=C(C(=O)NCCc1ccc(OC)c(OC)c1)c1ccc2c(c1)CCCC2. The van der Waals surface area contributed by atoms with Gasteiger partial charge in [0, 0.05) is 6.54 Å². The van der Waals surface area contributed by atoms with E-state index in [2.05, 4.69) is 23.4 Å². The molecule has 1 amide bonds. The van der Waals surface area contributed by atoms with Gasteiger partial charge >= 0.3 is 0 Å². The fourth-order valence-corrected chi connectivity index (χ4v) is 3.78. The Labute approximate surface area is 184 Å². The van der Waals surface area contributed by atoms with Crippen molar-refractivity contribution in [3.8, 4) is 23.8 Å². The first-order valence-corrected chi connectivity index (χ1v) is 10.5. The summed E-state index contributed by atoms with van der Waals surface area (Å²) in [6.45, 7) is 0.596. The van der Waals surface area contributed by atoms with E-state index in [4.69, 9.17) is 20.6 Å². The molecule has 0 fully saturated rings. The lowest BCUT2D eigenvalue weighted by Crippen LogP contribution is -2.27. The summed E-state index contributed by atoms with van der Waals surface area (Å²) < 4.78 is 16.0. The number of nitrogens with one attached hydrogen (secondary N) is 1. The third kappa shape index (κ3) is 5.82. The first-order valence-electron chi connectivity index (χ1n) is 10.5. The number of carbonyl (C=O) groups is 1. The monoisotopic (exact) mass is 419 g/mol. The van der Waals surface area contributed by atoms with Gasteiger partial charge in [0.15, 0.2) is 11.5 Å². The summed E-state index contributed by atoms with van der Waals surface area (Å²) >= 11 is 0. The molecule has 0 heterocycles. The van der Waals surface area contributed by atoms with Crippen molar-refractivity contribution >= 4 is 11.5 Å². The van der Waals surface area contributed by atoms with E-state index >= 15 is 0 Å². The molecule has 0 saturated heterocycles. The number of hydrogen-bond acceptors (Lipinski definition) is 4. The van der Waals surface area contributed by atoms with Crippen molar-refractivity contribution in [1.29, 1.82) is 0 Å². The highest BCUT2D eigenvalue weighted by Crippen LogP contribution is 2.28. The standard InChI is InChI=1S/C26H29NO4/c1-4-15-31-18-23(22-11-10-20-7-5-6-8-21(20)17-22)26(28)27-14-13-19-9-12-24(29-2)25(16-19)30-3/h1,9-12,16-18H,5-8,13-15H2,2-3H3,(H,27,28). The molecular weight excluding hydrogens is 390 g/mol. The molecule has 0 aliphatic heterocycles. The molecule has 2 aromatic rings. The summed E-state index contributed by atoms with van der Waals surface area (Å²) in [7, 11) is 3.21. The van der Waals surface area contributed by atoms with Crippen molar-refractivity contribution in [3.63, 3.8) is 0 Å². The van der Waals surface area contributed by atoms with Crippen LogP contribution in [0.25, 0.3) is 5.57 Å². The maximum atomic E-state index is 13.0. The summed E-state index contributed by atoms with van der Waals surface area (Å²) in [5.41, 5.74) is 5.05. The van der Waals surface area contributed by atoms with Crippen molar-refractivity contribution in [2.45, 2.75) is 32.1 Å². The van der Waals surface area contributed by atoms with Crippen molar-refractivity contribution in [1.82, 2.24) is 5.32 Å². The first kappa shape index (κ1) is 22.3. The highest BCUT2D eigenvalue weighted by atomic mass is 16.5. The molecule has 0 saturated carbocycles. The predicted molar refractivity (Wildman–Crippen MR) is 122 cm³/mol. The topological polar surface area (TPSA) is 56.8 Å². The van der Waals surface area contributed by atoms with E-state index in [0.717, 1.165) is 24.0 Å². The average molecular weight is 420 g/mol. The number of methoxy groups -OCH3 is 2. The number of carbonyl (C=O) groups excluding carboxylic acids is 1. The Kier molecular flexibility index (Phi) is 8.00. The number of hydrogen-bond donors (Lipinski definition) is 1. The Morgan fingerprint density at radius 2 is 1.84 bits per heavy atom. The smallest absolute Gasteiger partial charge is 0.255 e. The molecule has 5 heteroatoms. The molecule has 5 nitrogen and oxygen atoms in total. The van der Waals surface area contributed by atoms with Gasteiger partial charge in [-0.2, -0.15) is 0 Å². The second kappa shape index (κ2) is 11.1. The fraction of sp³-hybridized carbons (Fsp3) is 0.346. The molecule has 0 unspecified atom stereocenters. The molecule has 0 spiro atoms. The fourth-order valence-electron chi connectivity index (χ4n) is 3.78. The molecule has 31 heavy (non-hydrogen) atoms. The van der Waals surface area contributed by atoms with Crippen molar-refractivity contribution in [2.24, 2.45) is 0 Å². The van der Waals surface area contributed by atoms with E-state index < -0.39 is 0 Å². The van der Waals surface area contributed by atoms with Crippen LogP contribution in [0.4, 0.5) is 0 Å².